The molecule has 3 rings (SSSR count). The van der Waals surface area contributed by atoms with Gasteiger partial charge in [-0.2, -0.15) is 5.10 Å². The highest BCUT2D eigenvalue weighted by Crippen LogP contribution is 2.23. The summed E-state index contributed by atoms with van der Waals surface area (Å²) >= 11 is 0. The fourth-order valence-corrected chi connectivity index (χ4v) is 2.50. The van der Waals surface area contributed by atoms with Gasteiger partial charge in [0.05, 0.1) is 25.8 Å². The molecule has 3 aromatic rings. The van der Waals surface area contributed by atoms with Crippen LogP contribution in [0.15, 0.2) is 36.4 Å². The first-order valence-electron chi connectivity index (χ1n) is 7.16. The fourth-order valence-electron chi connectivity index (χ4n) is 2.50. The molecule has 1 N–H and O–H groups in total. The first-order chi connectivity index (χ1) is 11.5. The van der Waals surface area contributed by atoms with Crippen molar-refractivity contribution in [2.75, 3.05) is 7.11 Å². The number of methoxy groups -OCH3 is 1. The Kier molecular flexibility index (Phi) is 4.26. The number of esters is 1. The molecule has 0 saturated carbocycles. The Balaban J connectivity index is 2.13. The van der Waals surface area contributed by atoms with E-state index in [1.807, 2.05) is 0 Å². The van der Waals surface area contributed by atoms with Crippen molar-refractivity contribution in [3.05, 3.63) is 64.9 Å². The average Bonchev–Trinajstić information content (AvgIpc) is 2.94. The van der Waals surface area contributed by atoms with Crippen molar-refractivity contribution in [3.63, 3.8) is 0 Å². The number of aliphatic hydroxyl groups is 1. The molecular weight excluding hydrogens is 318 g/mol. The summed E-state index contributed by atoms with van der Waals surface area (Å²) in [7, 11) is 1.24. The molecule has 24 heavy (non-hydrogen) atoms. The molecule has 0 spiro atoms. The van der Waals surface area contributed by atoms with Crippen LogP contribution in [0.25, 0.3) is 10.9 Å². The van der Waals surface area contributed by atoms with Crippen LogP contribution in [-0.4, -0.2) is 28.0 Å². The van der Waals surface area contributed by atoms with Gasteiger partial charge in [0.15, 0.2) is 5.69 Å². The van der Waals surface area contributed by atoms with E-state index < -0.39 is 17.6 Å². The molecule has 0 atom stereocenters. The molecule has 2 aromatic carbocycles. The predicted octanol–water partition coefficient (Wildman–Crippen LogP) is 2.64. The van der Waals surface area contributed by atoms with Crippen molar-refractivity contribution < 1.29 is 23.4 Å². The zero-order chi connectivity index (χ0) is 17.3. The highest BCUT2D eigenvalue weighted by molar-refractivity contribution is 6.02. The molecular formula is C17H14F2N2O3. The largest absolute Gasteiger partial charge is 0.464 e. The van der Waals surface area contributed by atoms with E-state index >= 15 is 0 Å². The number of ether oxygens (including phenoxy) is 1. The molecule has 124 valence electrons. The van der Waals surface area contributed by atoms with E-state index in [1.54, 1.807) is 18.2 Å². The number of carbonyl (C=O) groups is 1. The van der Waals surface area contributed by atoms with Crippen LogP contribution in [0, 0.1) is 11.6 Å². The topological polar surface area (TPSA) is 64.3 Å². The minimum absolute atomic E-state index is 0.00842. The standard InChI is InChI=1S/C17H14F2N2O3/c1-24-17(23)16-13-5-2-10(9-22)6-15(13)21(20-16)8-11-3-4-12(18)7-14(11)19/h2-7,22H,8-9H2,1H3. The summed E-state index contributed by atoms with van der Waals surface area (Å²) in [6.07, 6.45) is 0. The van der Waals surface area contributed by atoms with E-state index in [4.69, 9.17) is 4.74 Å². The number of aliphatic hydroxyl groups excluding tert-OH is 1. The van der Waals surface area contributed by atoms with Gasteiger partial charge in [-0.15, -0.1) is 0 Å². The Bertz CT molecular complexity index is 922. The van der Waals surface area contributed by atoms with Crippen LogP contribution in [-0.2, 0) is 17.9 Å². The number of rotatable bonds is 4. The van der Waals surface area contributed by atoms with E-state index in [0.29, 0.717) is 16.5 Å². The van der Waals surface area contributed by atoms with Crippen molar-refractivity contribution in [2.45, 2.75) is 13.2 Å². The van der Waals surface area contributed by atoms with Crippen LogP contribution in [0.4, 0.5) is 8.78 Å². The van der Waals surface area contributed by atoms with Gasteiger partial charge in [-0.3, -0.25) is 4.68 Å². The highest BCUT2D eigenvalue weighted by atomic mass is 19.1. The lowest BCUT2D eigenvalue weighted by Gasteiger charge is -2.06. The van der Waals surface area contributed by atoms with Crippen LogP contribution >= 0.6 is 0 Å². The van der Waals surface area contributed by atoms with E-state index in [2.05, 4.69) is 5.10 Å². The number of halogens is 2. The smallest absolute Gasteiger partial charge is 0.359 e. The van der Waals surface area contributed by atoms with Crippen LogP contribution in [0.1, 0.15) is 21.6 Å². The summed E-state index contributed by atoms with van der Waals surface area (Å²) in [6.45, 7) is -0.173. The summed E-state index contributed by atoms with van der Waals surface area (Å²) in [5.74, 6) is -1.98. The Morgan fingerprint density at radius 3 is 2.71 bits per heavy atom. The van der Waals surface area contributed by atoms with E-state index in [0.717, 1.165) is 12.1 Å². The lowest BCUT2D eigenvalue weighted by atomic mass is 10.1. The maximum Gasteiger partial charge on any atom is 0.359 e. The zero-order valence-corrected chi connectivity index (χ0v) is 12.8. The number of nitrogens with zero attached hydrogens (tertiary/aromatic N) is 2. The fraction of sp³-hybridized carbons (Fsp3) is 0.176. The Morgan fingerprint density at radius 2 is 2.04 bits per heavy atom. The third kappa shape index (κ3) is 2.85. The molecule has 0 bridgehead atoms. The predicted molar refractivity (Wildman–Crippen MR) is 82.5 cm³/mol. The van der Waals surface area contributed by atoms with Crippen LogP contribution < -0.4 is 0 Å². The Labute approximate surface area is 136 Å². The minimum atomic E-state index is -0.698. The maximum absolute atomic E-state index is 13.9. The van der Waals surface area contributed by atoms with Crippen LogP contribution in [0.5, 0.6) is 0 Å². The second-order valence-corrected chi connectivity index (χ2v) is 5.24. The van der Waals surface area contributed by atoms with Crippen molar-refractivity contribution in [1.82, 2.24) is 9.78 Å². The lowest BCUT2D eigenvalue weighted by Crippen LogP contribution is -2.07. The normalized spacial score (nSPS) is 11.0. The van der Waals surface area contributed by atoms with Gasteiger partial charge in [0.2, 0.25) is 0 Å². The Hall–Kier alpha value is -2.80. The molecule has 0 radical (unpaired) electrons. The van der Waals surface area contributed by atoms with Crippen LogP contribution in [0.2, 0.25) is 0 Å². The van der Waals surface area contributed by atoms with Gasteiger partial charge < -0.3 is 9.84 Å². The monoisotopic (exact) mass is 332 g/mol. The van der Waals surface area contributed by atoms with Crippen molar-refractivity contribution >= 4 is 16.9 Å². The quantitative estimate of drug-likeness (QED) is 0.746. The molecule has 5 nitrogen and oxygen atoms in total. The molecule has 0 aliphatic heterocycles. The number of hydrogen-bond acceptors (Lipinski definition) is 4. The van der Waals surface area contributed by atoms with Gasteiger partial charge in [0.25, 0.3) is 0 Å². The van der Waals surface area contributed by atoms with Gasteiger partial charge in [0, 0.05) is 17.0 Å². The number of aromatic nitrogens is 2. The SMILES string of the molecule is COC(=O)c1nn(Cc2ccc(F)cc2F)c2cc(CO)ccc12. The number of fused-ring (bicyclic) bond motifs is 1. The highest BCUT2D eigenvalue weighted by Gasteiger charge is 2.19. The van der Waals surface area contributed by atoms with Crippen molar-refractivity contribution in [2.24, 2.45) is 0 Å². The number of benzene rings is 2. The molecule has 0 aliphatic carbocycles. The first kappa shape index (κ1) is 16.1. The molecule has 0 aliphatic rings. The van der Waals surface area contributed by atoms with Gasteiger partial charge in [-0.1, -0.05) is 12.1 Å². The second-order valence-electron chi connectivity index (χ2n) is 5.24. The molecule has 0 saturated heterocycles. The van der Waals surface area contributed by atoms with E-state index in [9.17, 15) is 18.7 Å². The van der Waals surface area contributed by atoms with Crippen molar-refractivity contribution in [1.29, 1.82) is 0 Å². The van der Waals surface area contributed by atoms with Gasteiger partial charge in [-0.25, -0.2) is 13.6 Å². The lowest BCUT2D eigenvalue weighted by molar-refractivity contribution is 0.0595. The zero-order valence-electron chi connectivity index (χ0n) is 12.8. The number of carbonyl (C=O) groups excluding carboxylic acids is 1. The molecule has 0 fully saturated rings. The first-order valence-corrected chi connectivity index (χ1v) is 7.16. The van der Waals surface area contributed by atoms with Gasteiger partial charge in [0.1, 0.15) is 11.6 Å². The maximum atomic E-state index is 13.9. The summed E-state index contributed by atoms with van der Waals surface area (Å²) in [5.41, 5.74) is 1.50. The molecule has 1 heterocycles. The molecule has 7 heteroatoms. The summed E-state index contributed by atoms with van der Waals surface area (Å²) < 4.78 is 33.1. The molecule has 0 unspecified atom stereocenters. The number of hydrogen-bond donors (Lipinski definition) is 1. The summed E-state index contributed by atoms with van der Waals surface area (Å²) in [6, 6.07) is 8.25. The molecule has 1 aromatic heterocycles. The Morgan fingerprint density at radius 1 is 1.25 bits per heavy atom. The third-order valence-corrected chi connectivity index (χ3v) is 3.71. The summed E-state index contributed by atoms with van der Waals surface area (Å²) in [4.78, 5) is 11.9. The third-order valence-electron chi connectivity index (χ3n) is 3.71. The van der Waals surface area contributed by atoms with Gasteiger partial charge in [-0.05, 0) is 23.8 Å². The van der Waals surface area contributed by atoms with E-state index in [-0.39, 0.29) is 24.4 Å². The minimum Gasteiger partial charge on any atom is -0.464 e. The summed E-state index contributed by atoms with van der Waals surface area (Å²) in [5, 5.41) is 14.0. The van der Waals surface area contributed by atoms with Crippen molar-refractivity contribution in [3.8, 4) is 0 Å². The second kappa shape index (κ2) is 6.37. The van der Waals surface area contributed by atoms with Gasteiger partial charge >= 0.3 is 5.97 Å². The molecule has 0 amide bonds. The van der Waals surface area contributed by atoms with Crippen LogP contribution in [0.3, 0.4) is 0 Å². The van der Waals surface area contributed by atoms with E-state index in [1.165, 1.54) is 17.9 Å². The average molecular weight is 332 g/mol.